The second-order valence-corrected chi connectivity index (χ2v) is 12.2. The van der Waals surface area contributed by atoms with Crippen LogP contribution >= 0.6 is 22.9 Å². The zero-order chi connectivity index (χ0) is 24.9. The van der Waals surface area contributed by atoms with Gasteiger partial charge >= 0.3 is 0 Å². The average Bonchev–Trinajstić information content (AvgIpc) is 3.55. The Morgan fingerprint density at radius 2 is 1.71 bits per heavy atom. The molecule has 0 radical (unpaired) electrons. The van der Waals surface area contributed by atoms with Crippen LogP contribution in [0.4, 0.5) is 0 Å². The van der Waals surface area contributed by atoms with Gasteiger partial charge in [0, 0.05) is 23.7 Å². The molecule has 5 rings (SSSR count). The first-order chi connectivity index (χ1) is 16.6. The van der Waals surface area contributed by atoms with Crippen molar-refractivity contribution < 1.29 is 17.9 Å². The van der Waals surface area contributed by atoms with Crippen LogP contribution in [0.5, 0.6) is 0 Å². The standard InChI is InChI=1S/C25H26ClN3O4S2/c1-14-12-29(13-15(2)33-14)25(30)24-28-22(18-7-10-21(26)20(11-18)16-3-4-16)23(34-24)17-5-8-19(9-6-17)35(27,31)32/h5-11,14-16H,3-4,12-13H2,1-2H3,(H2,27,31,32)/t14-,15+. The highest BCUT2D eigenvalue weighted by atomic mass is 35.5. The second-order valence-electron chi connectivity index (χ2n) is 9.24. The number of sulfonamides is 1. The zero-order valence-electron chi connectivity index (χ0n) is 19.4. The largest absolute Gasteiger partial charge is 0.372 e. The van der Waals surface area contributed by atoms with Crippen molar-refractivity contribution in [1.82, 2.24) is 9.88 Å². The van der Waals surface area contributed by atoms with Gasteiger partial charge in [0.1, 0.15) is 0 Å². The fourth-order valence-electron chi connectivity index (χ4n) is 4.48. The summed E-state index contributed by atoms with van der Waals surface area (Å²) in [6, 6.07) is 12.2. The number of ether oxygens (including phenoxy) is 1. The van der Waals surface area contributed by atoms with Crippen molar-refractivity contribution in [2.75, 3.05) is 13.1 Å². The van der Waals surface area contributed by atoms with Gasteiger partial charge in [-0.15, -0.1) is 11.3 Å². The van der Waals surface area contributed by atoms with Gasteiger partial charge < -0.3 is 9.64 Å². The molecule has 1 saturated carbocycles. The zero-order valence-corrected chi connectivity index (χ0v) is 21.8. The number of amides is 1. The Labute approximate surface area is 213 Å². The number of halogens is 1. The van der Waals surface area contributed by atoms with Gasteiger partial charge in [0.2, 0.25) is 10.0 Å². The molecule has 2 atom stereocenters. The molecule has 2 aromatic carbocycles. The molecule has 0 bridgehead atoms. The molecule has 3 aromatic rings. The maximum atomic E-state index is 13.4. The molecule has 1 aliphatic carbocycles. The molecule has 2 heterocycles. The first kappa shape index (κ1) is 24.4. The van der Waals surface area contributed by atoms with E-state index in [0.29, 0.717) is 29.7 Å². The highest BCUT2D eigenvalue weighted by Gasteiger charge is 2.31. The Kier molecular flexibility index (Phi) is 6.48. The van der Waals surface area contributed by atoms with Crippen LogP contribution in [0.15, 0.2) is 47.4 Å². The number of nitrogens with two attached hydrogens (primary N) is 1. The number of aromatic nitrogens is 1. The Morgan fingerprint density at radius 1 is 1.09 bits per heavy atom. The van der Waals surface area contributed by atoms with E-state index in [1.807, 2.05) is 26.0 Å². The van der Waals surface area contributed by atoms with Crippen molar-refractivity contribution in [2.45, 2.75) is 49.7 Å². The van der Waals surface area contributed by atoms with Crippen molar-refractivity contribution in [3.05, 3.63) is 58.1 Å². The lowest BCUT2D eigenvalue weighted by Gasteiger charge is -2.34. The second kappa shape index (κ2) is 9.29. The molecule has 2 N–H and O–H groups in total. The Bertz CT molecular complexity index is 1370. The van der Waals surface area contributed by atoms with Crippen LogP contribution in [0.25, 0.3) is 21.7 Å². The first-order valence-corrected chi connectivity index (χ1v) is 14.2. The molecule has 184 valence electrons. The van der Waals surface area contributed by atoms with Crippen LogP contribution < -0.4 is 5.14 Å². The van der Waals surface area contributed by atoms with Gasteiger partial charge in [0.05, 0.1) is 27.7 Å². The molecule has 2 fully saturated rings. The van der Waals surface area contributed by atoms with Gasteiger partial charge in [0.25, 0.3) is 5.91 Å². The quantitative estimate of drug-likeness (QED) is 0.504. The minimum Gasteiger partial charge on any atom is -0.372 e. The van der Waals surface area contributed by atoms with Crippen LogP contribution in [0, 0.1) is 0 Å². The van der Waals surface area contributed by atoms with E-state index in [1.165, 1.54) is 23.5 Å². The maximum Gasteiger partial charge on any atom is 0.283 e. The molecule has 7 nitrogen and oxygen atoms in total. The third-order valence-electron chi connectivity index (χ3n) is 6.25. The van der Waals surface area contributed by atoms with Gasteiger partial charge in [-0.2, -0.15) is 0 Å². The van der Waals surface area contributed by atoms with Gasteiger partial charge in [-0.25, -0.2) is 18.5 Å². The van der Waals surface area contributed by atoms with E-state index < -0.39 is 10.0 Å². The number of primary sulfonamides is 1. The number of carbonyl (C=O) groups excluding carboxylic acids is 1. The number of nitrogens with zero attached hydrogens (tertiary/aromatic N) is 2. The Balaban J connectivity index is 1.59. The summed E-state index contributed by atoms with van der Waals surface area (Å²) in [6.07, 6.45) is 2.12. The molecule has 10 heteroatoms. The molecule has 1 saturated heterocycles. The van der Waals surface area contributed by atoms with Crippen molar-refractivity contribution in [1.29, 1.82) is 0 Å². The summed E-state index contributed by atoms with van der Waals surface area (Å²) >= 11 is 7.76. The molecule has 35 heavy (non-hydrogen) atoms. The van der Waals surface area contributed by atoms with E-state index in [1.54, 1.807) is 17.0 Å². The van der Waals surface area contributed by atoms with Crippen LogP contribution in [-0.4, -0.2) is 49.5 Å². The highest BCUT2D eigenvalue weighted by Crippen LogP contribution is 2.46. The maximum absolute atomic E-state index is 13.4. The topological polar surface area (TPSA) is 103 Å². The first-order valence-electron chi connectivity index (χ1n) is 11.5. The summed E-state index contributed by atoms with van der Waals surface area (Å²) in [7, 11) is -3.81. The molecule has 0 spiro atoms. The third-order valence-corrected chi connectivity index (χ3v) is 8.61. The van der Waals surface area contributed by atoms with E-state index in [9.17, 15) is 13.2 Å². The minimum absolute atomic E-state index is 0.0300. The molecule has 1 amide bonds. The van der Waals surface area contributed by atoms with Crippen molar-refractivity contribution >= 4 is 38.9 Å². The third kappa shape index (κ3) is 5.15. The van der Waals surface area contributed by atoms with E-state index in [0.717, 1.165) is 39.4 Å². The lowest BCUT2D eigenvalue weighted by Crippen LogP contribution is -2.48. The summed E-state index contributed by atoms with van der Waals surface area (Å²) < 4.78 is 29.2. The summed E-state index contributed by atoms with van der Waals surface area (Å²) in [5.41, 5.74) is 3.41. The lowest BCUT2D eigenvalue weighted by molar-refractivity contribution is -0.0586. The van der Waals surface area contributed by atoms with E-state index in [-0.39, 0.29) is 23.0 Å². The van der Waals surface area contributed by atoms with Crippen LogP contribution in [0.1, 0.15) is 48.0 Å². The smallest absolute Gasteiger partial charge is 0.283 e. The summed E-state index contributed by atoms with van der Waals surface area (Å²) in [5, 5.41) is 6.39. The van der Waals surface area contributed by atoms with Crippen LogP contribution in [-0.2, 0) is 14.8 Å². The molecular weight excluding hydrogens is 506 g/mol. The lowest BCUT2D eigenvalue weighted by atomic mass is 10.0. The van der Waals surface area contributed by atoms with Gasteiger partial charge in [-0.3, -0.25) is 4.79 Å². The predicted molar refractivity (Wildman–Crippen MR) is 137 cm³/mol. The number of morpholine rings is 1. The van der Waals surface area contributed by atoms with E-state index >= 15 is 0 Å². The molecule has 1 aromatic heterocycles. The number of carbonyl (C=O) groups is 1. The Hall–Kier alpha value is -2.30. The van der Waals surface area contributed by atoms with E-state index in [4.69, 9.17) is 26.5 Å². The SMILES string of the molecule is C[C@@H]1CN(C(=O)c2nc(-c3ccc(Cl)c(C4CC4)c3)c(-c3ccc(S(N)(=O)=O)cc3)s2)C[C@H](C)O1. The molecule has 0 unspecified atom stereocenters. The summed E-state index contributed by atoms with van der Waals surface area (Å²) in [6.45, 7) is 4.91. The number of hydrogen-bond donors (Lipinski definition) is 1. The van der Waals surface area contributed by atoms with Gasteiger partial charge in [-0.1, -0.05) is 29.8 Å². The van der Waals surface area contributed by atoms with Crippen molar-refractivity contribution in [3.8, 4) is 21.7 Å². The number of hydrogen-bond acceptors (Lipinski definition) is 6. The van der Waals surface area contributed by atoms with Gasteiger partial charge in [-0.05, 0) is 68.0 Å². The summed E-state index contributed by atoms with van der Waals surface area (Å²) in [5.74, 6) is 0.318. The molecule has 1 aliphatic heterocycles. The Morgan fingerprint density at radius 3 is 2.31 bits per heavy atom. The number of thiazole rings is 1. The van der Waals surface area contributed by atoms with Crippen molar-refractivity contribution in [3.63, 3.8) is 0 Å². The highest BCUT2D eigenvalue weighted by molar-refractivity contribution is 7.89. The summed E-state index contributed by atoms with van der Waals surface area (Å²) in [4.78, 5) is 20.8. The van der Waals surface area contributed by atoms with E-state index in [2.05, 4.69) is 6.07 Å². The molecular formula is C25H26ClN3O4S2. The number of rotatable bonds is 5. The van der Waals surface area contributed by atoms with Crippen molar-refractivity contribution in [2.24, 2.45) is 5.14 Å². The minimum atomic E-state index is -3.81. The average molecular weight is 532 g/mol. The molecule has 2 aliphatic rings. The number of benzene rings is 2. The predicted octanol–water partition coefficient (Wildman–Crippen LogP) is 4.90. The monoisotopic (exact) mass is 531 g/mol. The fourth-order valence-corrected chi connectivity index (χ4v) is 6.32. The van der Waals surface area contributed by atoms with Crippen LogP contribution in [0.2, 0.25) is 5.02 Å². The van der Waals surface area contributed by atoms with Crippen LogP contribution in [0.3, 0.4) is 0 Å². The van der Waals surface area contributed by atoms with Gasteiger partial charge in [0.15, 0.2) is 5.01 Å². The normalized spacial score (nSPS) is 20.7. The fraction of sp³-hybridized carbons (Fsp3) is 0.360.